The van der Waals surface area contributed by atoms with Gasteiger partial charge in [0, 0.05) is 78.5 Å². The van der Waals surface area contributed by atoms with Gasteiger partial charge in [0.1, 0.15) is 123 Å². The molecule has 22 nitrogen and oxygen atoms in total. The lowest BCUT2D eigenvalue weighted by Crippen LogP contribution is -2.49. The number of nitrogens with zero attached hydrogens (tertiary/aromatic N) is 8. The van der Waals surface area contributed by atoms with Crippen molar-refractivity contribution >= 4 is 46.0 Å². The van der Waals surface area contributed by atoms with E-state index in [9.17, 15) is 98.2 Å². The smallest absolute Gasteiger partial charge is 0.270 e. The van der Waals surface area contributed by atoms with Crippen molar-refractivity contribution in [2.75, 3.05) is 39.8 Å². The van der Waals surface area contributed by atoms with Crippen molar-refractivity contribution in [1.82, 2.24) is 48.2 Å². The molecule has 8 aromatic heterocycles. The molecule has 0 radical (unpaired) electrons. The summed E-state index contributed by atoms with van der Waals surface area (Å²) in [5.41, 5.74) is 18.3. The van der Waals surface area contributed by atoms with Crippen molar-refractivity contribution < 1.29 is 117 Å². The fraction of sp³-hybridized carbons (Fsp3) is 0.349. The number of imidazole rings is 4. The van der Waals surface area contributed by atoms with E-state index < -0.39 is 187 Å². The van der Waals surface area contributed by atoms with Gasteiger partial charge in [-0.05, 0) is 154 Å². The first-order chi connectivity index (χ1) is 59.3. The molecule has 0 aliphatic heterocycles. The van der Waals surface area contributed by atoms with E-state index in [0.29, 0.717) is 23.0 Å². The highest BCUT2D eigenvalue weighted by Crippen LogP contribution is 2.36. The van der Waals surface area contributed by atoms with E-state index in [-0.39, 0.29) is 141 Å². The summed E-state index contributed by atoms with van der Waals surface area (Å²) >= 11 is 0. The molecule has 0 aliphatic carbocycles. The Balaban J connectivity index is 0.000000190. The number of alkyl halides is 9. The Morgan fingerprint density at radius 1 is 0.389 bits per heavy atom. The third kappa shape index (κ3) is 23.6. The van der Waals surface area contributed by atoms with Gasteiger partial charge in [0.25, 0.3) is 24.7 Å². The summed E-state index contributed by atoms with van der Waals surface area (Å²) in [5, 5.41) is 5.12. The minimum Gasteiger partial charge on any atom is -0.485 e. The van der Waals surface area contributed by atoms with Gasteiger partial charge in [0.2, 0.25) is 0 Å². The van der Waals surface area contributed by atoms with Crippen LogP contribution in [0.1, 0.15) is 175 Å². The Kier molecular flexibility index (Phi) is 31.9. The second-order valence-electron chi connectivity index (χ2n) is 31.0. The number of carbonyl (C=O) groups excluding carboxylic acids is 4. The van der Waals surface area contributed by atoms with Crippen molar-refractivity contribution in [3.8, 4) is 23.0 Å². The van der Waals surface area contributed by atoms with E-state index in [1.54, 1.807) is 33.0 Å². The lowest BCUT2D eigenvalue weighted by molar-refractivity contribution is 0.0927. The van der Waals surface area contributed by atoms with Gasteiger partial charge in [0.05, 0.1) is 56.1 Å². The molecule has 0 saturated heterocycles. The number of pyridine rings is 4. The molecule has 12 aromatic rings. The van der Waals surface area contributed by atoms with E-state index in [0.717, 1.165) is 75.8 Å². The van der Waals surface area contributed by atoms with Crippen molar-refractivity contribution in [2.24, 2.45) is 22.9 Å². The van der Waals surface area contributed by atoms with Crippen LogP contribution in [0.5, 0.6) is 23.0 Å². The van der Waals surface area contributed by atoms with Crippen molar-refractivity contribution in [2.45, 2.75) is 156 Å². The zero-order chi connectivity index (χ0) is 92.9. The number of nitrogens with one attached hydrogen (secondary N) is 2. The Morgan fingerprint density at radius 2 is 0.683 bits per heavy atom. The third-order valence-electron chi connectivity index (χ3n) is 19.5. The summed E-state index contributed by atoms with van der Waals surface area (Å²) in [6.07, 6.45) is -0.857. The molecule has 0 saturated carbocycles. The van der Waals surface area contributed by atoms with Gasteiger partial charge in [-0.2, -0.15) is 0 Å². The van der Waals surface area contributed by atoms with Crippen molar-refractivity contribution in [3.05, 3.63) is 258 Å². The molecular weight excluding hydrogens is 1700 g/mol. The number of amides is 2. The van der Waals surface area contributed by atoms with E-state index in [1.807, 2.05) is 0 Å². The number of halogens is 18. The second-order valence-corrected chi connectivity index (χ2v) is 31.0. The summed E-state index contributed by atoms with van der Waals surface area (Å²) in [7, 11) is 0. The maximum atomic E-state index is 13.9. The van der Waals surface area contributed by atoms with Gasteiger partial charge >= 0.3 is 0 Å². The molecule has 0 fully saturated rings. The van der Waals surface area contributed by atoms with Crippen LogP contribution in [0.3, 0.4) is 0 Å². The lowest BCUT2D eigenvalue weighted by atomic mass is 9.96. The molecule has 2 amide bonds. The Bertz CT molecular complexity index is 5740. The molecule has 676 valence electrons. The number of hydrogen-bond acceptors (Lipinski definition) is 16. The highest BCUT2D eigenvalue weighted by molar-refractivity contribution is 5.98. The first-order valence-electron chi connectivity index (χ1n) is 38.4. The quantitative estimate of drug-likeness (QED) is 0.0127. The van der Waals surface area contributed by atoms with Crippen LogP contribution in [0.2, 0.25) is 0 Å². The number of hydrogen-bond donors (Lipinski definition) is 6. The number of fused-ring (bicyclic) bond motifs is 4. The number of aromatic nitrogens is 8. The molecule has 126 heavy (non-hydrogen) atoms. The average molecular weight is 1790 g/mol. The maximum absolute atomic E-state index is 13.9. The minimum atomic E-state index is -2.91. The van der Waals surface area contributed by atoms with E-state index in [2.05, 4.69) is 30.6 Å². The Labute approximate surface area is 708 Å². The van der Waals surface area contributed by atoms with Crippen LogP contribution in [0.25, 0.3) is 22.6 Å². The molecule has 4 atom stereocenters. The molecule has 0 aliphatic rings. The predicted octanol–water partition coefficient (Wildman–Crippen LogP) is 16.9. The molecule has 8 heterocycles. The van der Waals surface area contributed by atoms with Gasteiger partial charge in [-0.25, -0.2) is 99.0 Å². The lowest BCUT2D eigenvalue weighted by Gasteiger charge is -2.20. The molecule has 0 bridgehead atoms. The predicted molar refractivity (Wildman–Crippen MR) is 428 cm³/mol. The Morgan fingerprint density at radius 3 is 1.02 bits per heavy atom. The number of aryl methyl sites for hydroxylation is 5. The number of nitrogens with two attached hydrogens (primary N) is 4. The van der Waals surface area contributed by atoms with Crippen LogP contribution in [-0.2, 0) is 33.1 Å². The van der Waals surface area contributed by atoms with Gasteiger partial charge < -0.3 is 52.5 Å². The zero-order valence-corrected chi connectivity index (χ0v) is 69.2. The van der Waals surface area contributed by atoms with Crippen LogP contribution in [0.15, 0.2) is 116 Å². The van der Waals surface area contributed by atoms with E-state index in [4.69, 9.17) is 41.9 Å². The van der Waals surface area contributed by atoms with E-state index >= 15 is 0 Å². The largest absolute Gasteiger partial charge is 0.485 e. The molecule has 4 aromatic carbocycles. The number of ether oxygens (including phenoxy) is 4. The molecule has 12 rings (SSSR count). The van der Waals surface area contributed by atoms with E-state index in [1.165, 1.54) is 80.8 Å². The minimum absolute atomic E-state index is 0.0269. The van der Waals surface area contributed by atoms with Crippen molar-refractivity contribution in [3.63, 3.8) is 0 Å². The van der Waals surface area contributed by atoms with Crippen LogP contribution in [-0.4, -0.2) is 123 Å². The zero-order valence-electron chi connectivity index (χ0n) is 69.2. The normalized spacial score (nSPS) is 13.4. The number of carbonyl (C=O) groups is 4. The molecule has 0 spiro atoms. The fourth-order valence-electron chi connectivity index (χ4n) is 12.4. The van der Waals surface area contributed by atoms with Crippen LogP contribution >= 0.6 is 0 Å². The summed E-state index contributed by atoms with van der Waals surface area (Å²) < 4.78 is 271. The number of ketones is 2. The first kappa shape index (κ1) is 97.5. The Hall–Kier alpha value is -12.3. The standard InChI is InChI=1S/2C22H22F5N3O2.2C21H22F4N4O2/c2*1-12-19(17(31)6-7-22(2,28)11-23)30-9-13(20(26)27)8-18(21(30)29-12)32-10-14-15(24)4-3-5-16(14)25;1-11-6-16(31-8-13-14(23)4-5-15(24)17(13)25)19-28-12(2)18(29(19)7-11)20(30)27-10-21(3,26)9-22;1-12-18(20(30)27-11-21(2,26)10-23)29-8-13(7-22)6-17(19(29)28-12)31-9-14-15(24)4-3-5-16(14)25/h2*3-5,8-9,20H,6-7,10-11,28H2,1-2H3;4-7H,8-10,26H2,1-3H3,(H,27,30);3-6,8H,7,9-11,26H2,1-2H3,(H,27,30). The summed E-state index contributed by atoms with van der Waals surface area (Å²) in [6, 6.07) is 16.5. The highest BCUT2D eigenvalue weighted by Gasteiger charge is 2.32. The number of Topliss-reactive ketones (excluding diaryl/α,β-unsaturated/α-hetero) is 2. The fourth-order valence-corrected chi connectivity index (χ4v) is 12.4. The second kappa shape index (κ2) is 41.2. The van der Waals surface area contributed by atoms with Gasteiger partial charge in [-0.3, -0.25) is 36.8 Å². The SMILES string of the molecule is Cc1cc(OCc2c(F)ccc(F)c2F)c2nc(C)c(C(=O)NCC(C)(N)CF)n2c1.Cc1nc2c(OCc3c(F)cccc3F)cc(C(F)F)cn2c1C(=O)CCC(C)(N)CF.Cc1nc2c(OCc3c(F)cccc3F)cc(C(F)F)cn2c1C(=O)CCC(C)(N)CF.Cc1nc2c(OCc3c(F)cccc3F)cc(CF)cn2c1C(=O)NCC(C)(N)CF. The van der Waals surface area contributed by atoms with Crippen LogP contribution in [0.4, 0.5) is 79.0 Å². The number of benzene rings is 4. The molecular formula is C86H88F18N14O8. The summed E-state index contributed by atoms with van der Waals surface area (Å²) in [4.78, 5) is 68.1. The van der Waals surface area contributed by atoms with Gasteiger partial charge in [-0.1, -0.05) is 18.2 Å². The molecule has 4 unspecified atom stereocenters. The number of rotatable bonds is 33. The monoisotopic (exact) mass is 1790 g/mol. The maximum Gasteiger partial charge on any atom is 0.270 e. The summed E-state index contributed by atoms with van der Waals surface area (Å²) in [5.74, 6) is -10.6. The van der Waals surface area contributed by atoms with Crippen LogP contribution < -0.4 is 52.5 Å². The van der Waals surface area contributed by atoms with Crippen molar-refractivity contribution in [1.29, 1.82) is 0 Å². The molecule has 40 heteroatoms. The highest BCUT2D eigenvalue weighted by atomic mass is 19.3. The van der Waals surface area contributed by atoms with Gasteiger partial charge in [-0.15, -0.1) is 0 Å². The van der Waals surface area contributed by atoms with Crippen LogP contribution in [0, 0.1) is 87.0 Å². The molecule has 10 N–H and O–H groups in total. The summed E-state index contributed by atoms with van der Waals surface area (Å²) in [6.45, 7) is 7.17. The van der Waals surface area contributed by atoms with Gasteiger partial charge in [0.15, 0.2) is 68.8 Å². The topological polar surface area (TPSA) is 303 Å². The first-order valence-corrected chi connectivity index (χ1v) is 38.4. The third-order valence-corrected chi connectivity index (χ3v) is 19.5. The average Bonchev–Trinajstić information content (AvgIpc) is 1.63.